The van der Waals surface area contributed by atoms with Crippen LogP contribution in [-0.2, 0) is 9.53 Å². The van der Waals surface area contributed by atoms with E-state index in [2.05, 4.69) is 15.3 Å². The zero-order chi connectivity index (χ0) is 18.7. The van der Waals surface area contributed by atoms with E-state index in [1.807, 2.05) is 0 Å². The van der Waals surface area contributed by atoms with Gasteiger partial charge < -0.3 is 4.74 Å². The van der Waals surface area contributed by atoms with Gasteiger partial charge in [0.25, 0.3) is 5.69 Å². The number of esters is 1. The Morgan fingerprint density at radius 3 is 2.77 bits per heavy atom. The van der Waals surface area contributed by atoms with Gasteiger partial charge in [-0.25, -0.2) is 4.79 Å². The Morgan fingerprint density at radius 1 is 1.38 bits per heavy atom. The highest BCUT2D eigenvalue weighted by atomic mass is 32.2. The first kappa shape index (κ1) is 17.8. The summed E-state index contributed by atoms with van der Waals surface area (Å²) in [6.07, 6.45) is 1.62. The van der Waals surface area contributed by atoms with E-state index in [4.69, 9.17) is 4.74 Å². The zero-order valence-corrected chi connectivity index (χ0v) is 14.9. The Bertz CT molecular complexity index is 917. The van der Waals surface area contributed by atoms with E-state index in [0.29, 0.717) is 33.6 Å². The molecule has 0 spiro atoms. The fraction of sp³-hybridized carbons (Fsp3) is 0.250. The molecule has 0 unspecified atom stereocenters. The van der Waals surface area contributed by atoms with E-state index >= 15 is 0 Å². The molecule has 0 saturated carbocycles. The maximum atomic E-state index is 12.4. The molecule has 0 radical (unpaired) electrons. The molecule has 3 rings (SSSR count). The lowest BCUT2D eigenvalue weighted by atomic mass is 10.1. The van der Waals surface area contributed by atoms with E-state index in [9.17, 15) is 14.9 Å². The summed E-state index contributed by atoms with van der Waals surface area (Å²) in [6, 6.07) is 5.91. The van der Waals surface area contributed by atoms with Crippen LogP contribution in [0.5, 0.6) is 0 Å². The number of aryl methyl sites for hydroxylation is 1. The van der Waals surface area contributed by atoms with Crippen molar-refractivity contribution in [2.24, 2.45) is 5.10 Å². The second-order valence-electron chi connectivity index (χ2n) is 5.30. The molecule has 0 bridgehead atoms. The smallest absolute Gasteiger partial charge is 0.340 e. The number of nitrogens with zero attached hydrogens (tertiary/aromatic N) is 5. The van der Waals surface area contributed by atoms with Crippen LogP contribution < -0.4 is 0 Å². The lowest BCUT2D eigenvalue weighted by Gasteiger charge is -2.15. The number of thioether (sulfide) groups is 1. The molecule has 26 heavy (non-hydrogen) atoms. The third kappa shape index (κ3) is 3.64. The summed E-state index contributed by atoms with van der Waals surface area (Å²) < 4.78 is 6.72. The number of carbonyl (C=O) groups excluding carboxylic acids is 1. The van der Waals surface area contributed by atoms with Gasteiger partial charge in [-0.15, -0.1) is 10.2 Å². The summed E-state index contributed by atoms with van der Waals surface area (Å²) in [5.41, 5.74) is 1.45. The maximum absolute atomic E-state index is 12.4. The Morgan fingerprint density at radius 2 is 2.12 bits per heavy atom. The third-order valence-electron chi connectivity index (χ3n) is 3.55. The van der Waals surface area contributed by atoms with E-state index in [-0.39, 0.29) is 12.3 Å². The number of hydrogen-bond donors (Lipinski definition) is 0. The normalized spacial score (nSPS) is 13.8. The van der Waals surface area contributed by atoms with E-state index in [1.165, 1.54) is 23.9 Å². The van der Waals surface area contributed by atoms with Gasteiger partial charge in [-0.05, 0) is 37.6 Å². The van der Waals surface area contributed by atoms with Crippen molar-refractivity contribution in [3.05, 3.63) is 51.3 Å². The number of carbonyl (C=O) groups is 1. The van der Waals surface area contributed by atoms with Gasteiger partial charge in [-0.1, -0.05) is 11.8 Å². The van der Waals surface area contributed by atoms with Gasteiger partial charge in [-0.3, -0.25) is 10.1 Å². The first-order chi connectivity index (χ1) is 12.5. The van der Waals surface area contributed by atoms with Crippen LogP contribution in [0, 0.1) is 17.0 Å². The second-order valence-corrected chi connectivity index (χ2v) is 6.25. The van der Waals surface area contributed by atoms with Gasteiger partial charge in [-0.2, -0.15) is 9.78 Å². The molecule has 1 aromatic carbocycles. The number of rotatable bonds is 5. The van der Waals surface area contributed by atoms with Crippen molar-refractivity contribution in [3.63, 3.8) is 0 Å². The zero-order valence-electron chi connectivity index (χ0n) is 14.1. The van der Waals surface area contributed by atoms with Gasteiger partial charge in [0.1, 0.15) is 0 Å². The molecular weight excluding hydrogens is 358 g/mol. The molecule has 1 aliphatic rings. The molecule has 2 heterocycles. The second kappa shape index (κ2) is 7.48. The van der Waals surface area contributed by atoms with Crippen molar-refractivity contribution >= 4 is 35.2 Å². The van der Waals surface area contributed by atoms with Crippen LogP contribution in [0.15, 0.2) is 40.1 Å². The van der Waals surface area contributed by atoms with Gasteiger partial charge in [0.05, 0.1) is 22.8 Å². The molecule has 1 aliphatic heterocycles. The molecule has 0 amide bonds. The Balaban J connectivity index is 2.01. The van der Waals surface area contributed by atoms with Crippen molar-refractivity contribution in [1.29, 1.82) is 0 Å². The maximum Gasteiger partial charge on any atom is 0.340 e. The Labute approximate surface area is 152 Å². The van der Waals surface area contributed by atoms with Crippen molar-refractivity contribution in [2.45, 2.75) is 19.0 Å². The van der Waals surface area contributed by atoms with E-state index < -0.39 is 10.9 Å². The monoisotopic (exact) mass is 373 g/mol. The third-order valence-corrected chi connectivity index (χ3v) is 4.48. The minimum atomic E-state index is -0.501. The number of non-ortho nitro benzene ring substituents is 1. The molecule has 9 nitrogen and oxygen atoms in total. The van der Waals surface area contributed by atoms with Gasteiger partial charge in [0.2, 0.25) is 5.16 Å². The van der Waals surface area contributed by atoms with Gasteiger partial charge in [0, 0.05) is 17.9 Å². The van der Waals surface area contributed by atoms with Crippen molar-refractivity contribution < 1.29 is 14.5 Å². The number of hydrogen-bond acceptors (Lipinski definition) is 8. The number of aromatic nitrogens is 3. The van der Waals surface area contributed by atoms with Crippen molar-refractivity contribution in [1.82, 2.24) is 14.9 Å². The van der Waals surface area contributed by atoms with Crippen LogP contribution in [0.1, 0.15) is 18.3 Å². The molecule has 1 aromatic heterocycles. The first-order valence-corrected chi connectivity index (χ1v) is 8.74. The molecular formula is C16H15N5O4S. The topological polar surface area (TPSA) is 113 Å². The Kier molecular flexibility index (Phi) is 5.12. The molecule has 134 valence electrons. The van der Waals surface area contributed by atoms with Crippen molar-refractivity contribution in [3.8, 4) is 0 Å². The van der Waals surface area contributed by atoms with Crippen LogP contribution >= 0.6 is 11.8 Å². The number of fused-ring (bicyclic) bond motifs is 1. The highest BCUT2D eigenvalue weighted by molar-refractivity contribution is 7.99. The van der Waals surface area contributed by atoms with E-state index in [0.717, 1.165) is 0 Å². The van der Waals surface area contributed by atoms with Crippen molar-refractivity contribution in [2.75, 3.05) is 12.4 Å². The summed E-state index contributed by atoms with van der Waals surface area (Å²) in [5, 5.41) is 23.9. The standard InChI is InChI=1S/C16H15N5O4S/c1-3-25-15(22)13(8-11-4-6-12(7-5-11)21(23)24)14-9-26-16-18-17-10(2)20(16)19-14/h4-8H,3,9H2,1-2H3/b13-8-. The number of ether oxygens (including phenoxy) is 1. The van der Waals surface area contributed by atoms with Crippen LogP contribution in [0.2, 0.25) is 0 Å². The molecule has 0 saturated heterocycles. The fourth-order valence-corrected chi connectivity index (χ4v) is 3.16. The molecule has 0 aliphatic carbocycles. The van der Waals surface area contributed by atoms with Gasteiger partial charge >= 0.3 is 5.97 Å². The van der Waals surface area contributed by atoms with Crippen LogP contribution in [-0.4, -0.2) is 43.8 Å². The van der Waals surface area contributed by atoms with Crippen LogP contribution in [0.25, 0.3) is 6.08 Å². The quantitative estimate of drug-likeness (QED) is 0.342. The average Bonchev–Trinajstić information content (AvgIpc) is 3.00. The van der Waals surface area contributed by atoms with Crippen LogP contribution in [0.3, 0.4) is 0 Å². The number of nitro benzene ring substituents is 1. The Hall–Kier alpha value is -3.01. The summed E-state index contributed by atoms with van der Waals surface area (Å²) in [5.74, 6) is 0.554. The molecule has 10 heteroatoms. The fourth-order valence-electron chi connectivity index (χ4n) is 2.29. The molecule has 2 aromatic rings. The predicted molar refractivity (Wildman–Crippen MR) is 96.0 cm³/mol. The lowest BCUT2D eigenvalue weighted by molar-refractivity contribution is -0.384. The SMILES string of the molecule is CCOC(=O)/C(=C\c1ccc([N+](=O)[O-])cc1)C1=Nn2c(C)nnc2SC1. The highest BCUT2D eigenvalue weighted by Crippen LogP contribution is 2.25. The average molecular weight is 373 g/mol. The minimum absolute atomic E-state index is 0.0184. The number of benzene rings is 1. The summed E-state index contributed by atoms with van der Waals surface area (Å²) >= 11 is 1.42. The summed E-state index contributed by atoms with van der Waals surface area (Å²) in [4.78, 5) is 22.7. The predicted octanol–water partition coefficient (Wildman–Crippen LogP) is 2.45. The van der Waals surface area contributed by atoms with Crippen LogP contribution in [0.4, 0.5) is 5.69 Å². The molecule has 0 N–H and O–H groups in total. The molecule has 0 atom stereocenters. The number of nitro groups is 1. The van der Waals surface area contributed by atoms with Gasteiger partial charge in [0.15, 0.2) is 5.82 Å². The summed E-state index contributed by atoms with van der Waals surface area (Å²) in [7, 11) is 0. The summed E-state index contributed by atoms with van der Waals surface area (Å²) in [6.45, 7) is 3.72. The van der Waals surface area contributed by atoms with E-state index in [1.54, 1.807) is 36.7 Å². The lowest BCUT2D eigenvalue weighted by Crippen LogP contribution is -2.21. The minimum Gasteiger partial charge on any atom is -0.462 e. The first-order valence-electron chi connectivity index (χ1n) is 7.76. The highest BCUT2D eigenvalue weighted by Gasteiger charge is 2.24. The largest absolute Gasteiger partial charge is 0.462 e. The molecule has 0 fully saturated rings.